The topological polar surface area (TPSA) is 62.6 Å². The third-order valence-electron chi connectivity index (χ3n) is 3.31. The third-order valence-corrected chi connectivity index (χ3v) is 4.20. The van der Waals surface area contributed by atoms with E-state index in [-0.39, 0.29) is 6.04 Å². The number of aromatic nitrogens is 5. The molecule has 0 unspecified atom stereocenters. The fraction of sp³-hybridized carbons (Fsp3) is 0.357. The molecule has 3 heterocycles. The first-order chi connectivity index (χ1) is 10.2. The summed E-state index contributed by atoms with van der Waals surface area (Å²) in [6, 6.07) is 6.53. The van der Waals surface area contributed by atoms with Gasteiger partial charge in [0.15, 0.2) is 0 Å². The van der Waals surface area contributed by atoms with Crippen LogP contribution in [0.5, 0.6) is 0 Å². The standard InChI is InChI=1S/C14H18N6S/c1-11(20-10-15-9-16-20)7-19(2)8-12-6-13(18-17-12)14-4-3-5-21-14/h3-6,9-11H,7-8H2,1-2H3,(H,17,18)/t11-/m1/s1. The Bertz CT molecular complexity index is 658. The first-order valence-corrected chi connectivity index (χ1v) is 7.71. The van der Waals surface area contributed by atoms with Crippen LogP contribution < -0.4 is 0 Å². The molecule has 0 saturated heterocycles. The highest BCUT2D eigenvalue weighted by atomic mass is 32.1. The summed E-state index contributed by atoms with van der Waals surface area (Å²) in [5.74, 6) is 0. The SMILES string of the molecule is C[C@H](CN(C)Cc1cc(-c2cccs2)n[nH]1)n1cncn1. The van der Waals surface area contributed by atoms with Crippen molar-refractivity contribution < 1.29 is 0 Å². The molecule has 0 fully saturated rings. The van der Waals surface area contributed by atoms with Crippen molar-refractivity contribution in [2.45, 2.75) is 19.5 Å². The predicted octanol–water partition coefficient (Wildman–Crippen LogP) is 2.42. The van der Waals surface area contributed by atoms with Crippen molar-refractivity contribution in [2.24, 2.45) is 0 Å². The van der Waals surface area contributed by atoms with Gasteiger partial charge < -0.3 is 0 Å². The highest BCUT2D eigenvalue weighted by molar-refractivity contribution is 7.13. The van der Waals surface area contributed by atoms with E-state index in [9.17, 15) is 0 Å². The molecule has 0 aliphatic rings. The second-order valence-electron chi connectivity index (χ2n) is 5.18. The van der Waals surface area contributed by atoms with Crippen LogP contribution in [0.15, 0.2) is 36.2 Å². The lowest BCUT2D eigenvalue weighted by molar-refractivity contribution is 0.266. The molecular formula is C14H18N6S. The smallest absolute Gasteiger partial charge is 0.137 e. The molecule has 7 heteroatoms. The lowest BCUT2D eigenvalue weighted by Gasteiger charge is -2.20. The fourth-order valence-corrected chi connectivity index (χ4v) is 3.01. The van der Waals surface area contributed by atoms with Gasteiger partial charge in [0, 0.05) is 18.8 Å². The summed E-state index contributed by atoms with van der Waals surface area (Å²) in [5.41, 5.74) is 2.13. The zero-order valence-electron chi connectivity index (χ0n) is 12.1. The summed E-state index contributed by atoms with van der Waals surface area (Å²) in [5, 5.41) is 13.7. The molecule has 110 valence electrons. The largest absolute Gasteiger partial charge is 0.298 e. The molecule has 21 heavy (non-hydrogen) atoms. The third kappa shape index (κ3) is 3.37. The zero-order valence-corrected chi connectivity index (χ0v) is 12.9. The van der Waals surface area contributed by atoms with Crippen LogP contribution in [0.4, 0.5) is 0 Å². The molecule has 0 aromatic carbocycles. The summed E-state index contributed by atoms with van der Waals surface area (Å²) in [6.45, 7) is 3.86. The predicted molar refractivity (Wildman–Crippen MR) is 83.0 cm³/mol. The number of H-pyrrole nitrogens is 1. The number of thiophene rings is 1. The van der Waals surface area contributed by atoms with E-state index in [0.29, 0.717) is 0 Å². The monoisotopic (exact) mass is 302 g/mol. The Hall–Kier alpha value is -1.99. The van der Waals surface area contributed by atoms with E-state index >= 15 is 0 Å². The number of nitrogens with one attached hydrogen (secondary N) is 1. The Kier molecular flexibility index (Phi) is 4.12. The van der Waals surface area contributed by atoms with Crippen LogP contribution in [-0.4, -0.2) is 43.5 Å². The molecule has 1 atom stereocenters. The van der Waals surface area contributed by atoms with E-state index in [1.807, 2.05) is 10.7 Å². The van der Waals surface area contributed by atoms with Gasteiger partial charge in [0.2, 0.25) is 0 Å². The lowest BCUT2D eigenvalue weighted by atomic mass is 10.3. The molecule has 3 aromatic heterocycles. The molecule has 6 nitrogen and oxygen atoms in total. The van der Waals surface area contributed by atoms with Gasteiger partial charge in [0.05, 0.1) is 10.9 Å². The molecule has 0 spiro atoms. The average molecular weight is 302 g/mol. The van der Waals surface area contributed by atoms with Gasteiger partial charge in [0.1, 0.15) is 18.3 Å². The van der Waals surface area contributed by atoms with E-state index < -0.39 is 0 Å². The minimum atomic E-state index is 0.289. The molecule has 0 bridgehead atoms. The van der Waals surface area contributed by atoms with E-state index in [4.69, 9.17) is 0 Å². The van der Waals surface area contributed by atoms with Crippen LogP contribution in [0, 0.1) is 0 Å². The second-order valence-corrected chi connectivity index (χ2v) is 6.12. The summed E-state index contributed by atoms with van der Waals surface area (Å²) in [6.07, 6.45) is 3.32. The van der Waals surface area contributed by atoms with Crippen molar-refractivity contribution >= 4 is 11.3 Å². The lowest BCUT2D eigenvalue weighted by Crippen LogP contribution is -2.26. The molecule has 3 rings (SSSR count). The normalized spacial score (nSPS) is 12.9. The number of aromatic amines is 1. The maximum absolute atomic E-state index is 4.37. The number of nitrogens with zero attached hydrogens (tertiary/aromatic N) is 5. The van der Waals surface area contributed by atoms with E-state index in [2.05, 4.69) is 56.7 Å². The van der Waals surface area contributed by atoms with Crippen LogP contribution >= 0.6 is 11.3 Å². The van der Waals surface area contributed by atoms with E-state index in [1.54, 1.807) is 24.0 Å². The van der Waals surface area contributed by atoms with E-state index in [0.717, 1.165) is 24.5 Å². The highest BCUT2D eigenvalue weighted by Crippen LogP contribution is 2.23. The summed E-state index contributed by atoms with van der Waals surface area (Å²) >= 11 is 1.70. The molecule has 0 aliphatic carbocycles. The molecule has 0 saturated carbocycles. The average Bonchev–Trinajstić information content (AvgIpc) is 3.21. The highest BCUT2D eigenvalue weighted by Gasteiger charge is 2.11. The zero-order chi connectivity index (χ0) is 14.7. The summed E-state index contributed by atoms with van der Waals surface area (Å²) in [4.78, 5) is 7.42. The van der Waals surface area contributed by atoms with Crippen molar-refractivity contribution in [1.29, 1.82) is 0 Å². The van der Waals surface area contributed by atoms with Gasteiger partial charge in [-0.05, 0) is 31.5 Å². The number of hydrogen-bond donors (Lipinski definition) is 1. The van der Waals surface area contributed by atoms with Gasteiger partial charge in [-0.2, -0.15) is 10.2 Å². The van der Waals surface area contributed by atoms with Gasteiger partial charge in [-0.1, -0.05) is 6.07 Å². The Morgan fingerprint density at radius 1 is 1.48 bits per heavy atom. The van der Waals surface area contributed by atoms with Crippen LogP contribution in [0.2, 0.25) is 0 Å². The Balaban J connectivity index is 1.59. The first-order valence-electron chi connectivity index (χ1n) is 6.83. The molecule has 1 N–H and O–H groups in total. The minimum Gasteiger partial charge on any atom is -0.298 e. The van der Waals surface area contributed by atoms with Crippen molar-refractivity contribution in [3.8, 4) is 10.6 Å². The second kappa shape index (κ2) is 6.19. The van der Waals surface area contributed by atoms with Gasteiger partial charge in [-0.3, -0.25) is 10.00 Å². The van der Waals surface area contributed by atoms with Crippen molar-refractivity contribution in [3.05, 3.63) is 41.9 Å². The maximum atomic E-state index is 4.37. The Morgan fingerprint density at radius 2 is 2.38 bits per heavy atom. The first kappa shape index (κ1) is 14.0. The summed E-state index contributed by atoms with van der Waals surface area (Å²) < 4.78 is 1.88. The van der Waals surface area contributed by atoms with Crippen LogP contribution in [0.3, 0.4) is 0 Å². The van der Waals surface area contributed by atoms with Gasteiger partial charge in [-0.15, -0.1) is 11.3 Å². The molecule has 0 amide bonds. The Morgan fingerprint density at radius 3 is 3.10 bits per heavy atom. The summed E-state index contributed by atoms with van der Waals surface area (Å²) in [7, 11) is 2.10. The minimum absolute atomic E-state index is 0.289. The quantitative estimate of drug-likeness (QED) is 0.759. The molecule has 0 aliphatic heterocycles. The van der Waals surface area contributed by atoms with Crippen molar-refractivity contribution in [2.75, 3.05) is 13.6 Å². The van der Waals surface area contributed by atoms with Crippen LogP contribution in [0.25, 0.3) is 10.6 Å². The van der Waals surface area contributed by atoms with E-state index in [1.165, 1.54) is 4.88 Å². The maximum Gasteiger partial charge on any atom is 0.137 e. The van der Waals surface area contributed by atoms with Gasteiger partial charge in [-0.25, -0.2) is 9.67 Å². The fourth-order valence-electron chi connectivity index (χ4n) is 2.33. The number of rotatable bonds is 6. The van der Waals surface area contributed by atoms with Gasteiger partial charge >= 0.3 is 0 Å². The van der Waals surface area contributed by atoms with Crippen LogP contribution in [-0.2, 0) is 6.54 Å². The van der Waals surface area contributed by atoms with Crippen LogP contribution in [0.1, 0.15) is 18.7 Å². The molecular weight excluding hydrogens is 284 g/mol. The Labute approximate surface area is 127 Å². The van der Waals surface area contributed by atoms with Crippen molar-refractivity contribution in [1.82, 2.24) is 29.9 Å². The molecule has 0 radical (unpaired) electrons. The van der Waals surface area contributed by atoms with Crippen molar-refractivity contribution in [3.63, 3.8) is 0 Å². The molecule has 3 aromatic rings. The number of likely N-dealkylation sites (N-methyl/N-ethyl adjacent to an activating group) is 1. The van der Waals surface area contributed by atoms with Gasteiger partial charge in [0.25, 0.3) is 0 Å². The number of hydrogen-bond acceptors (Lipinski definition) is 5.